The number of halogens is 1. The van der Waals surface area contributed by atoms with Gasteiger partial charge in [0.15, 0.2) is 0 Å². The molecular formula is C21H22ClN3OS. The molecule has 0 spiro atoms. The first-order valence-corrected chi connectivity index (χ1v) is 10.8. The molecule has 2 saturated carbocycles. The third kappa shape index (κ3) is 3.39. The van der Waals surface area contributed by atoms with Gasteiger partial charge in [-0.1, -0.05) is 29.8 Å². The van der Waals surface area contributed by atoms with Crippen LogP contribution in [0.25, 0.3) is 10.2 Å². The standard InChI is InChI=1S/C21H22ClN3OS/c1-13-17-10-19(20(26)24(16-8-9-16)11-14-6-7-14)27-21(17)25(23-13)12-15-4-2-3-5-18(15)22/h2-5,10,14,16H,6-9,11-12H2,1H3. The number of hydrogen-bond donors (Lipinski definition) is 0. The molecule has 0 bridgehead atoms. The molecule has 1 aromatic carbocycles. The molecule has 140 valence electrons. The Morgan fingerprint density at radius 1 is 1.30 bits per heavy atom. The smallest absolute Gasteiger partial charge is 0.264 e. The number of amides is 1. The number of carbonyl (C=O) groups excluding carboxylic acids is 1. The van der Waals surface area contributed by atoms with Crippen molar-refractivity contribution in [1.29, 1.82) is 0 Å². The third-order valence-electron chi connectivity index (χ3n) is 5.50. The number of nitrogens with zero attached hydrogens (tertiary/aromatic N) is 3. The fourth-order valence-electron chi connectivity index (χ4n) is 3.62. The van der Waals surface area contributed by atoms with Crippen molar-refractivity contribution >= 4 is 39.1 Å². The summed E-state index contributed by atoms with van der Waals surface area (Å²) in [5, 5.41) is 6.51. The molecule has 5 rings (SSSR count). The number of rotatable bonds is 6. The SMILES string of the molecule is Cc1nn(Cc2ccccc2Cl)c2sc(C(=O)N(CC3CC3)C3CC3)cc12. The van der Waals surface area contributed by atoms with Gasteiger partial charge in [-0.25, -0.2) is 0 Å². The summed E-state index contributed by atoms with van der Waals surface area (Å²) >= 11 is 7.89. The normalized spacial score (nSPS) is 16.8. The van der Waals surface area contributed by atoms with Crippen molar-refractivity contribution in [2.45, 2.75) is 45.2 Å². The second-order valence-corrected chi connectivity index (χ2v) is 9.23. The highest BCUT2D eigenvalue weighted by Gasteiger charge is 2.37. The van der Waals surface area contributed by atoms with E-state index in [2.05, 4.69) is 10.00 Å². The predicted molar refractivity (Wildman–Crippen MR) is 110 cm³/mol. The summed E-state index contributed by atoms with van der Waals surface area (Å²) in [5.74, 6) is 0.927. The quantitative estimate of drug-likeness (QED) is 0.576. The largest absolute Gasteiger partial charge is 0.335 e. The topological polar surface area (TPSA) is 38.1 Å². The van der Waals surface area contributed by atoms with Crippen molar-refractivity contribution in [2.75, 3.05) is 6.54 Å². The molecule has 0 saturated heterocycles. The zero-order valence-corrected chi connectivity index (χ0v) is 16.9. The van der Waals surface area contributed by atoms with E-state index in [0.29, 0.717) is 12.6 Å². The van der Waals surface area contributed by atoms with Gasteiger partial charge in [-0.05, 0) is 56.2 Å². The van der Waals surface area contributed by atoms with Crippen molar-refractivity contribution in [1.82, 2.24) is 14.7 Å². The molecule has 0 unspecified atom stereocenters. The lowest BCUT2D eigenvalue weighted by molar-refractivity contribution is 0.0740. The first-order valence-electron chi connectivity index (χ1n) is 9.61. The second-order valence-electron chi connectivity index (χ2n) is 7.80. The van der Waals surface area contributed by atoms with Gasteiger partial charge in [-0.15, -0.1) is 11.3 Å². The fourth-order valence-corrected chi connectivity index (χ4v) is 4.93. The van der Waals surface area contributed by atoms with Gasteiger partial charge in [-0.2, -0.15) is 5.10 Å². The highest BCUT2D eigenvalue weighted by atomic mass is 35.5. The molecule has 2 fully saturated rings. The van der Waals surface area contributed by atoms with Crippen molar-refractivity contribution in [3.8, 4) is 0 Å². The Morgan fingerprint density at radius 3 is 2.78 bits per heavy atom. The summed E-state index contributed by atoms with van der Waals surface area (Å²) in [4.78, 5) is 17.2. The Morgan fingerprint density at radius 2 is 2.07 bits per heavy atom. The molecule has 2 aliphatic rings. The first-order chi connectivity index (χ1) is 13.1. The Hall–Kier alpha value is -1.85. The minimum atomic E-state index is 0.203. The van der Waals surface area contributed by atoms with Crippen LogP contribution in [0.4, 0.5) is 0 Å². The number of benzene rings is 1. The Labute approximate surface area is 167 Å². The molecule has 4 nitrogen and oxygen atoms in total. The van der Waals surface area contributed by atoms with Gasteiger partial charge in [0.2, 0.25) is 0 Å². The molecule has 0 aliphatic heterocycles. The molecule has 2 aromatic heterocycles. The number of aryl methyl sites for hydroxylation is 1. The molecule has 0 radical (unpaired) electrons. The van der Waals surface area contributed by atoms with E-state index in [9.17, 15) is 4.79 Å². The van der Waals surface area contributed by atoms with Crippen LogP contribution in [0.5, 0.6) is 0 Å². The number of carbonyl (C=O) groups is 1. The summed E-state index contributed by atoms with van der Waals surface area (Å²) in [7, 11) is 0. The van der Waals surface area contributed by atoms with Crippen molar-refractivity contribution in [3.05, 3.63) is 51.5 Å². The van der Waals surface area contributed by atoms with Crippen LogP contribution in [-0.2, 0) is 6.54 Å². The summed E-state index contributed by atoms with van der Waals surface area (Å²) < 4.78 is 1.98. The zero-order chi connectivity index (χ0) is 18.5. The molecule has 27 heavy (non-hydrogen) atoms. The van der Waals surface area contributed by atoms with Gasteiger partial charge < -0.3 is 4.90 Å². The number of hydrogen-bond acceptors (Lipinski definition) is 3. The second kappa shape index (κ2) is 6.64. The molecular weight excluding hydrogens is 378 g/mol. The maximum absolute atomic E-state index is 13.2. The van der Waals surface area contributed by atoms with E-state index >= 15 is 0 Å². The summed E-state index contributed by atoms with van der Waals surface area (Å²) in [5.41, 5.74) is 2.01. The van der Waals surface area contributed by atoms with Crippen LogP contribution in [0.3, 0.4) is 0 Å². The van der Waals surface area contributed by atoms with E-state index in [-0.39, 0.29) is 5.91 Å². The van der Waals surface area contributed by atoms with Crippen LogP contribution in [0.1, 0.15) is 46.6 Å². The van der Waals surface area contributed by atoms with Gasteiger partial charge in [0.05, 0.1) is 17.1 Å². The molecule has 1 amide bonds. The van der Waals surface area contributed by atoms with Crippen LogP contribution in [0, 0.1) is 12.8 Å². The van der Waals surface area contributed by atoms with Gasteiger partial charge in [0.25, 0.3) is 5.91 Å². The molecule has 2 aliphatic carbocycles. The molecule has 3 aromatic rings. The monoisotopic (exact) mass is 399 g/mol. The average molecular weight is 400 g/mol. The summed E-state index contributed by atoms with van der Waals surface area (Å²) in [6, 6.07) is 10.3. The van der Waals surface area contributed by atoms with Crippen LogP contribution in [-0.4, -0.2) is 33.2 Å². The van der Waals surface area contributed by atoms with Crippen LogP contribution >= 0.6 is 22.9 Å². The zero-order valence-electron chi connectivity index (χ0n) is 15.3. The Balaban J connectivity index is 1.46. The predicted octanol–water partition coefficient (Wildman–Crippen LogP) is 5.12. The highest BCUT2D eigenvalue weighted by Crippen LogP contribution is 2.37. The van der Waals surface area contributed by atoms with Crippen LogP contribution < -0.4 is 0 Å². The Kier molecular flexibility index (Phi) is 4.25. The summed E-state index contributed by atoms with van der Waals surface area (Å²) in [6.07, 6.45) is 4.86. The first kappa shape index (κ1) is 17.3. The highest BCUT2D eigenvalue weighted by molar-refractivity contribution is 7.20. The minimum absolute atomic E-state index is 0.203. The maximum Gasteiger partial charge on any atom is 0.264 e. The van der Waals surface area contributed by atoms with E-state index in [4.69, 9.17) is 11.6 Å². The third-order valence-corrected chi connectivity index (χ3v) is 7.00. The van der Waals surface area contributed by atoms with Gasteiger partial charge in [0.1, 0.15) is 4.83 Å². The van der Waals surface area contributed by atoms with E-state index in [1.54, 1.807) is 11.3 Å². The van der Waals surface area contributed by atoms with E-state index in [1.165, 1.54) is 12.8 Å². The number of thiophene rings is 1. The lowest BCUT2D eigenvalue weighted by atomic mass is 10.2. The van der Waals surface area contributed by atoms with Crippen molar-refractivity contribution in [3.63, 3.8) is 0 Å². The molecule has 0 atom stereocenters. The lowest BCUT2D eigenvalue weighted by Gasteiger charge is -2.21. The van der Waals surface area contributed by atoms with E-state index in [1.807, 2.05) is 41.9 Å². The van der Waals surface area contributed by atoms with E-state index < -0.39 is 0 Å². The number of fused-ring (bicyclic) bond motifs is 1. The fraction of sp³-hybridized carbons (Fsp3) is 0.429. The van der Waals surface area contributed by atoms with Crippen molar-refractivity contribution in [2.24, 2.45) is 5.92 Å². The van der Waals surface area contributed by atoms with Crippen LogP contribution in [0.15, 0.2) is 30.3 Å². The van der Waals surface area contributed by atoms with E-state index in [0.717, 1.165) is 56.7 Å². The average Bonchev–Trinajstić information content (AvgIpc) is 3.57. The molecule has 0 N–H and O–H groups in total. The van der Waals surface area contributed by atoms with Crippen LogP contribution in [0.2, 0.25) is 5.02 Å². The van der Waals surface area contributed by atoms with Gasteiger partial charge >= 0.3 is 0 Å². The molecule has 6 heteroatoms. The Bertz CT molecular complexity index is 1020. The molecule has 2 heterocycles. The summed E-state index contributed by atoms with van der Waals surface area (Å²) in [6.45, 7) is 3.56. The minimum Gasteiger partial charge on any atom is -0.335 e. The lowest BCUT2D eigenvalue weighted by Crippen LogP contribution is -2.34. The number of aromatic nitrogens is 2. The van der Waals surface area contributed by atoms with Gasteiger partial charge in [-0.3, -0.25) is 9.48 Å². The van der Waals surface area contributed by atoms with Crippen molar-refractivity contribution < 1.29 is 4.79 Å². The van der Waals surface area contributed by atoms with Gasteiger partial charge in [0, 0.05) is 23.0 Å². The maximum atomic E-state index is 13.2.